The molecule has 1 heterocycles. The van der Waals surface area contributed by atoms with Crippen molar-refractivity contribution < 1.29 is 0 Å². The zero-order chi connectivity index (χ0) is 15.0. The fraction of sp³-hybridized carbons (Fsp3) is 0.667. The Kier molecular flexibility index (Phi) is 4.60. The van der Waals surface area contributed by atoms with Crippen molar-refractivity contribution in [2.24, 2.45) is 11.8 Å². The second-order valence-corrected chi connectivity index (χ2v) is 7.86. The van der Waals surface area contributed by atoms with Gasteiger partial charge < -0.3 is 10.2 Å². The Morgan fingerprint density at radius 2 is 2.10 bits per heavy atom. The average molecular weight is 351 g/mol. The first-order valence-electron chi connectivity index (χ1n) is 8.38. The summed E-state index contributed by atoms with van der Waals surface area (Å²) >= 11 is 3.62. The molecule has 1 aromatic rings. The summed E-state index contributed by atoms with van der Waals surface area (Å²) in [7, 11) is 0. The van der Waals surface area contributed by atoms with Gasteiger partial charge in [-0.3, -0.25) is 0 Å². The number of hydrogen-bond donors (Lipinski definition) is 1. The van der Waals surface area contributed by atoms with E-state index in [4.69, 9.17) is 0 Å². The van der Waals surface area contributed by atoms with Crippen molar-refractivity contribution in [3.8, 4) is 0 Å². The first-order chi connectivity index (χ1) is 10.1. The number of piperazine rings is 1. The maximum atomic E-state index is 3.81. The molecule has 1 N–H and O–H groups in total. The maximum Gasteiger partial charge on any atom is 0.0438 e. The first kappa shape index (κ1) is 15.4. The van der Waals surface area contributed by atoms with Crippen molar-refractivity contribution >= 4 is 21.6 Å². The molecule has 2 atom stereocenters. The van der Waals surface area contributed by atoms with Crippen LogP contribution in [0.25, 0.3) is 0 Å². The van der Waals surface area contributed by atoms with Crippen LogP contribution in [0.3, 0.4) is 0 Å². The minimum Gasteiger partial charge on any atom is -0.365 e. The van der Waals surface area contributed by atoms with Gasteiger partial charge in [-0.1, -0.05) is 36.7 Å². The molecule has 3 rings (SSSR count). The van der Waals surface area contributed by atoms with Gasteiger partial charge in [0.05, 0.1) is 0 Å². The largest absolute Gasteiger partial charge is 0.365 e. The number of benzene rings is 1. The molecule has 1 saturated carbocycles. The Hall–Kier alpha value is -0.540. The molecule has 1 aromatic carbocycles. The van der Waals surface area contributed by atoms with Crippen LogP contribution in [0.15, 0.2) is 22.7 Å². The van der Waals surface area contributed by atoms with E-state index in [9.17, 15) is 0 Å². The van der Waals surface area contributed by atoms with Crippen LogP contribution in [0.1, 0.15) is 39.2 Å². The lowest BCUT2D eigenvalue weighted by Gasteiger charge is -2.45. The van der Waals surface area contributed by atoms with Gasteiger partial charge in [-0.15, -0.1) is 0 Å². The van der Waals surface area contributed by atoms with Crippen LogP contribution in [0.5, 0.6) is 0 Å². The van der Waals surface area contributed by atoms with Gasteiger partial charge in [-0.2, -0.15) is 0 Å². The van der Waals surface area contributed by atoms with Crippen LogP contribution in [0.2, 0.25) is 0 Å². The predicted molar refractivity (Wildman–Crippen MR) is 94.0 cm³/mol. The van der Waals surface area contributed by atoms with Crippen LogP contribution in [0, 0.1) is 11.8 Å². The summed E-state index contributed by atoms with van der Waals surface area (Å²) in [6, 6.07) is 8.09. The molecule has 0 radical (unpaired) electrons. The quantitative estimate of drug-likeness (QED) is 0.874. The minimum atomic E-state index is 0.603. The third-order valence-electron chi connectivity index (χ3n) is 5.08. The lowest BCUT2D eigenvalue weighted by Crippen LogP contribution is -2.59. The Morgan fingerprint density at radius 3 is 2.71 bits per heavy atom. The molecule has 116 valence electrons. The molecule has 0 aromatic heterocycles. The summed E-state index contributed by atoms with van der Waals surface area (Å²) in [6.45, 7) is 9.25. The van der Waals surface area contributed by atoms with E-state index in [1.165, 1.54) is 35.1 Å². The normalized spacial score (nSPS) is 26.4. The Balaban J connectivity index is 1.90. The number of halogens is 1. The average Bonchev–Trinajstić information content (AvgIpc) is 3.31. The van der Waals surface area contributed by atoms with Gasteiger partial charge in [0.1, 0.15) is 0 Å². The number of nitrogens with one attached hydrogen (secondary N) is 1. The lowest BCUT2D eigenvalue weighted by atomic mass is 9.95. The van der Waals surface area contributed by atoms with E-state index in [1.54, 1.807) is 0 Å². The molecule has 3 heteroatoms. The molecule has 2 nitrogen and oxygen atoms in total. The van der Waals surface area contributed by atoms with E-state index in [1.807, 2.05) is 0 Å². The zero-order valence-corrected chi connectivity index (χ0v) is 15.0. The smallest absolute Gasteiger partial charge is 0.0438 e. The number of anilines is 1. The molecule has 2 fully saturated rings. The summed E-state index contributed by atoms with van der Waals surface area (Å²) < 4.78 is 1.19. The second-order valence-electron chi connectivity index (χ2n) is 6.94. The molecule has 1 aliphatic heterocycles. The molecular weight excluding hydrogens is 324 g/mol. The van der Waals surface area contributed by atoms with Gasteiger partial charge in [-0.05, 0) is 54.9 Å². The van der Waals surface area contributed by atoms with E-state index in [-0.39, 0.29) is 0 Å². The van der Waals surface area contributed by atoms with Gasteiger partial charge in [-0.25, -0.2) is 0 Å². The van der Waals surface area contributed by atoms with E-state index < -0.39 is 0 Å². The monoisotopic (exact) mass is 350 g/mol. The van der Waals surface area contributed by atoms with Crippen molar-refractivity contribution in [1.29, 1.82) is 0 Å². The molecule has 21 heavy (non-hydrogen) atoms. The molecule has 1 saturated heterocycles. The van der Waals surface area contributed by atoms with Crippen molar-refractivity contribution in [3.05, 3.63) is 28.2 Å². The number of rotatable bonds is 4. The number of nitrogens with zero attached hydrogens (tertiary/aromatic N) is 1. The van der Waals surface area contributed by atoms with Crippen LogP contribution in [0.4, 0.5) is 5.69 Å². The highest BCUT2D eigenvalue weighted by atomic mass is 79.9. The van der Waals surface area contributed by atoms with E-state index in [2.05, 4.69) is 65.1 Å². The van der Waals surface area contributed by atoms with Crippen LogP contribution >= 0.6 is 15.9 Å². The molecule has 1 aliphatic carbocycles. The van der Waals surface area contributed by atoms with E-state index in [0.29, 0.717) is 18.0 Å². The van der Waals surface area contributed by atoms with E-state index >= 15 is 0 Å². The topological polar surface area (TPSA) is 15.3 Å². The highest BCUT2D eigenvalue weighted by Gasteiger charge is 2.38. The SMILES string of the molecule is CCc1cc(Br)ccc1N1CC(C2CC2)NCC1C(C)C. The zero-order valence-electron chi connectivity index (χ0n) is 13.4. The molecule has 0 spiro atoms. The minimum absolute atomic E-state index is 0.603. The summed E-state index contributed by atoms with van der Waals surface area (Å²) in [5, 5.41) is 3.81. The summed E-state index contributed by atoms with van der Waals surface area (Å²) in [5.41, 5.74) is 2.91. The third-order valence-corrected chi connectivity index (χ3v) is 5.57. The second kappa shape index (κ2) is 6.29. The third kappa shape index (κ3) is 3.29. The van der Waals surface area contributed by atoms with E-state index in [0.717, 1.165) is 18.9 Å². The standard InChI is InChI=1S/C18H27BrN2/c1-4-13-9-15(19)7-8-17(13)21-11-16(14-5-6-14)20-10-18(21)12(2)3/h7-9,12,14,16,18,20H,4-6,10-11H2,1-3H3. The van der Waals surface area contributed by atoms with Crippen LogP contribution < -0.4 is 10.2 Å². The molecule has 0 bridgehead atoms. The Morgan fingerprint density at radius 1 is 1.33 bits per heavy atom. The highest BCUT2D eigenvalue weighted by Crippen LogP contribution is 2.37. The van der Waals surface area contributed by atoms with Gasteiger partial charge in [0.15, 0.2) is 0 Å². The maximum absolute atomic E-state index is 3.81. The van der Waals surface area contributed by atoms with Crippen LogP contribution in [-0.2, 0) is 6.42 Å². The summed E-state index contributed by atoms with van der Waals surface area (Å²) in [5.74, 6) is 1.59. The molecule has 2 unspecified atom stereocenters. The fourth-order valence-corrected chi connectivity index (χ4v) is 4.01. The number of aryl methyl sites for hydroxylation is 1. The fourth-order valence-electron chi connectivity index (χ4n) is 3.60. The number of hydrogen-bond acceptors (Lipinski definition) is 2. The van der Waals surface area contributed by atoms with Crippen LogP contribution in [-0.4, -0.2) is 25.2 Å². The summed E-state index contributed by atoms with van der Waals surface area (Å²) in [4.78, 5) is 2.69. The van der Waals surface area contributed by atoms with Crippen molar-refractivity contribution in [2.45, 2.75) is 52.1 Å². The van der Waals surface area contributed by atoms with Crippen molar-refractivity contribution in [1.82, 2.24) is 5.32 Å². The summed E-state index contributed by atoms with van der Waals surface area (Å²) in [6.07, 6.45) is 3.93. The Labute approximate surface area is 137 Å². The Bertz CT molecular complexity index is 496. The van der Waals surface area contributed by atoms with Gasteiger partial charge in [0.2, 0.25) is 0 Å². The van der Waals surface area contributed by atoms with Crippen molar-refractivity contribution in [3.63, 3.8) is 0 Å². The predicted octanol–water partition coefficient (Wildman–Crippen LogP) is 4.22. The molecule has 2 aliphatic rings. The highest BCUT2D eigenvalue weighted by molar-refractivity contribution is 9.10. The van der Waals surface area contributed by atoms with Gasteiger partial charge in [0.25, 0.3) is 0 Å². The first-order valence-corrected chi connectivity index (χ1v) is 9.18. The molecular formula is C18H27BrN2. The van der Waals surface area contributed by atoms with Gasteiger partial charge >= 0.3 is 0 Å². The lowest BCUT2D eigenvalue weighted by molar-refractivity contribution is 0.320. The van der Waals surface area contributed by atoms with Gasteiger partial charge in [0, 0.05) is 35.3 Å². The van der Waals surface area contributed by atoms with Crippen molar-refractivity contribution in [2.75, 3.05) is 18.0 Å². The molecule has 0 amide bonds.